The van der Waals surface area contributed by atoms with E-state index in [2.05, 4.69) is 0 Å². The lowest BCUT2D eigenvalue weighted by molar-refractivity contribution is -0.282. The molecule has 0 unspecified atom stereocenters. The molecular weight excluding hydrogens is 520 g/mol. The molecule has 2 saturated heterocycles. The van der Waals surface area contributed by atoms with E-state index < -0.39 is 58.9 Å². The zero-order valence-corrected chi connectivity index (χ0v) is 25.5. The first kappa shape index (κ1) is 32.0. The summed E-state index contributed by atoms with van der Waals surface area (Å²) in [5, 5.41) is 0. The van der Waals surface area contributed by atoms with Gasteiger partial charge in [-0.05, 0) is 80.4 Å². The van der Waals surface area contributed by atoms with Gasteiger partial charge in [0.25, 0.3) is 0 Å². The van der Waals surface area contributed by atoms with Crippen LogP contribution >= 0.6 is 0 Å². The van der Waals surface area contributed by atoms with Gasteiger partial charge in [0.15, 0.2) is 11.6 Å². The van der Waals surface area contributed by atoms with Crippen molar-refractivity contribution >= 4 is 17.9 Å². The minimum atomic E-state index is -1.52. The van der Waals surface area contributed by atoms with Gasteiger partial charge in [-0.3, -0.25) is 14.4 Å². The van der Waals surface area contributed by atoms with Gasteiger partial charge in [-0.25, -0.2) is 0 Å². The summed E-state index contributed by atoms with van der Waals surface area (Å²) in [6.45, 7) is 17.1. The Balaban J connectivity index is 1.78. The van der Waals surface area contributed by atoms with E-state index in [1.54, 1.807) is 41.5 Å². The quantitative estimate of drug-likeness (QED) is 0.336. The molecule has 1 aromatic rings. The predicted molar refractivity (Wildman–Crippen MR) is 144 cm³/mol. The van der Waals surface area contributed by atoms with Crippen LogP contribution in [0.3, 0.4) is 0 Å². The summed E-state index contributed by atoms with van der Waals surface area (Å²) in [6, 6.07) is 3.81. The number of rotatable bonds is 8. The van der Waals surface area contributed by atoms with Crippen LogP contribution in [0.1, 0.15) is 65.2 Å². The molecule has 0 N–H and O–H groups in total. The van der Waals surface area contributed by atoms with E-state index >= 15 is 0 Å². The average molecular weight is 565 g/mol. The van der Waals surface area contributed by atoms with Crippen molar-refractivity contribution in [3.8, 4) is 5.75 Å². The lowest BCUT2D eigenvalue weighted by Gasteiger charge is -2.40. The second-order valence-corrected chi connectivity index (χ2v) is 12.9. The van der Waals surface area contributed by atoms with Crippen LogP contribution in [0.5, 0.6) is 5.75 Å². The van der Waals surface area contributed by atoms with Gasteiger partial charge < -0.3 is 33.2 Å². The van der Waals surface area contributed by atoms with Crippen molar-refractivity contribution < 1.29 is 47.5 Å². The standard InChI is InChI=1S/C30H44O10/c1-19-11-20(2)22(21(3)12-19)40-25(33)28(8,13-34-23(31)29(9)15-36-26(4,5)37-16-29)14-35-24(32)30(10)17-38-27(6,7)39-18-30/h11-12H,13-18H2,1-10H3. The number of carbonyl (C=O) groups excluding carboxylic acids is 3. The molecule has 40 heavy (non-hydrogen) atoms. The van der Waals surface area contributed by atoms with Crippen molar-refractivity contribution in [1.29, 1.82) is 0 Å². The molecule has 0 saturated carbocycles. The third kappa shape index (κ3) is 7.40. The first-order valence-electron chi connectivity index (χ1n) is 13.5. The second kappa shape index (κ2) is 11.4. The summed E-state index contributed by atoms with van der Waals surface area (Å²) in [4.78, 5) is 39.9. The topological polar surface area (TPSA) is 116 Å². The number of hydrogen-bond donors (Lipinski definition) is 0. The fourth-order valence-electron chi connectivity index (χ4n) is 4.24. The lowest BCUT2D eigenvalue weighted by Crippen LogP contribution is -2.52. The van der Waals surface area contributed by atoms with E-state index in [0.717, 1.165) is 16.7 Å². The highest BCUT2D eigenvalue weighted by atomic mass is 16.7. The Morgan fingerprint density at radius 3 is 1.43 bits per heavy atom. The number of hydrogen-bond acceptors (Lipinski definition) is 10. The molecule has 0 aromatic heterocycles. The summed E-state index contributed by atoms with van der Waals surface area (Å²) in [7, 11) is 0. The molecule has 2 aliphatic heterocycles. The van der Waals surface area contributed by atoms with Crippen LogP contribution in [-0.4, -0.2) is 69.1 Å². The first-order valence-corrected chi connectivity index (χ1v) is 13.5. The van der Waals surface area contributed by atoms with Gasteiger partial charge in [0.05, 0.1) is 26.4 Å². The van der Waals surface area contributed by atoms with Crippen molar-refractivity contribution in [2.45, 2.75) is 80.8 Å². The summed E-state index contributed by atoms with van der Waals surface area (Å²) in [5.74, 6) is -3.11. The molecule has 0 atom stereocenters. The predicted octanol–water partition coefficient (Wildman–Crippen LogP) is 4.19. The third-order valence-electron chi connectivity index (χ3n) is 7.27. The Bertz CT molecular complexity index is 1040. The van der Waals surface area contributed by atoms with Crippen LogP contribution in [0, 0.1) is 37.0 Å². The molecule has 2 aliphatic rings. The van der Waals surface area contributed by atoms with E-state index in [0.29, 0.717) is 5.75 Å². The highest BCUT2D eigenvalue weighted by Gasteiger charge is 2.48. The average Bonchev–Trinajstić information content (AvgIpc) is 2.87. The van der Waals surface area contributed by atoms with Crippen molar-refractivity contribution in [3.05, 3.63) is 28.8 Å². The highest BCUT2D eigenvalue weighted by molar-refractivity contribution is 5.82. The largest absolute Gasteiger partial charge is 0.464 e. The minimum absolute atomic E-state index is 0.0887. The SMILES string of the molecule is Cc1cc(C)c(OC(=O)C(C)(COC(=O)C2(C)COC(C)(C)OC2)COC(=O)C2(C)COC(C)(C)OC2)c(C)c1. The maximum absolute atomic E-state index is 13.6. The molecule has 0 amide bonds. The number of carbonyl (C=O) groups is 3. The maximum Gasteiger partial charge on any atom is 0.324 e. The first-order chi connectivity index (χ1) is 18.3. The van der Waals surface area contributed by atoms with Crippen molar-refractivity contribution in [1.82, 2.24) is 0 Å². The van der Waals surface area contributed by atoms with Gasteiger partial charge in [-0.15, -0.1) is 0 Å². The van der Waals surface area contributed by atoms with E-state index in [4.69, 9.17) is 33.2 Å². The molecule has 10 heteroatoms. The fourth-order valence-corrected chi connectivity index (χ4v) is 4.24. The van der Waals surface area contributed by atoms with Crippen LogP contribution in [-0.2, 0) is 42.8 Å². The van der Waals surface area contributed by atoms with Crippen molar-refractivity contribution in [2.75, 3.05) is 39.6 Å². The monoisotopic (exact) mass is 564 g/mol. The zero-order chi connectivity index (χ0) is 30.1. The Morgan fingerprint density at radius 1 is 0.725 bits per heavy atom. The fraction of sp³-hybridized carbons (Fsp3) is 0.700. The van der Waals surface area contributed by atoms with Crippen LogP contribution < -0.4 is 4.74 Å². The zero-order valence-electron chi connectivity index (χ0n) is 25.5. The maximum atomic E-state index is 13.6. The van der Waals surface area contributed by atoms with Crippen molar-refractivity contribution in [3.63, 3.8) is 0 Å². The number of ether oxygens (including phenoxy) is 7. The normalized spacial score (nSPS) is 21.2. The van der Waals surface area contributed by atoms with Gasteiger partial charge in [-0.2, -0.15) is 0 Å². The highest BCUT2D eigenvalue weighted by Crippen LogP contribution is 2.34. The summed E-state index contributed by atoms with van der Waals surface area (Å²) in [5.41, 5.74) is -1.08. The van der Waals surface area contributed by atoms with E-state index in [1.165, 1.54) is 6.92 Å². The van der Waals surface area contributed by atoms with Crippen LogP contribution in [0.25, 0.3) is 0 Å². The van der Waals surface area contributed by atoms with E-state index in [1.807, 2.05) is 32.9 Å². The third-order valence-corrected chi connectivity index (χ3v) is 7.27. The minimum Gasteiger partial charge on any atom is -0.464 e. The second-order valence-electron chi connectivity index (χ2n) is 12.9. The van der Waals surface area contributed by atoms with Crippen LogP contribution in [0.15, 0.2) is 12.1 Å². The van der Waals surface area contributed by atoms with E-state index in [9.17, 15) is 14.4 Å². The number of aryl methyl sites for hydroxylation is 3. The van der Waals surface area contributed by atoms with Gasteiger partial charge in [0.1, 0.15) is 35.2 Å². The molecule has 2 heterocycles. The number of benzene rings is 1. The van der Waals surface area contributed by atoms with Crippen molar-refractivity contribution in [2.24, 2.45) is 16.2 Å². The van der Waals surface area contributed by atoms with E-state index in [-0.39, 0.29) is 26.4 Å². The van der Waals surface area contributed by atoms with Gasteiger partial charge in [-0.1, -0.05) is 17.7 Å². The Kier molecular flexibility index (Phi) is 9.11. The lowest BCUT2D eigenvalue weighted by atomic mass is 9.89. The molecule has 1 aromatic carbocycles. The van der Waals surface area contributed by atoms with Crippen LogP contribution in [0.2, 0.25) is 0 Å². The molecule has 0 radical (unpaired) electrons. The molecule has 3 rings (SSSR count). The molecule has 0 aliphatic carbocycles. The number of esters is 3. The Morgan fingerprint density at radius 2 is 1.07 bits per heavy atom. The molecule has 10 nitrogen and oxygen atoms in total. The van der Waals surface area contributed by atoms with Crippen LogP contribution in [0.4, 0.5) is 0 Å². The Hall–Kier alpha value is -2.53. The van der Waals surface area contributed by atoms with Gasteiger partial charge in [0, 0.05) is 0 Å². The molecular formula is C30H44O10. The van der Waals surface area contributed by atoms with Gasteiger partial charge in [0.2, 0.25) is 0 Å². The molecule has 2 fully saturated rings. The smallest absolute Gasteiger partial charge is 0.324 e. The summed E-state index contributed by atoms with van der Waals surface area (Å²) in [6.07, 6.45) is 0. The molecule has 0 spiro atoms. The summed E-state index contributed by atoms with van der Waals surface area (Å²) < 4.78 is 39.8. The molecule has 224 valence electrons. The molecule has 0 bridgehead atoms. The van der Waals surface area contributed by atoms with Gasteiger partial charge >= 0.3 is 17.9 Å². The Labute approximate surface area is 236 Å². The summed E-state index contributed by atoms with van der Waals surface area (Å²) >= 11 is 0.